The summed E-state index contributed by atoms with van der Waals surface area (Å²) in [6.07, 6.45) is 2.14. The van der Waals surface area contributed by atoms with Gasteiger partial charge in [-0.3, -0.25) is 0 Å². The maximum atomic E-state index is 11.5. The van der Waals surface area contributed by atoms with Crippen LogP contribution < -0.4 is 10.6 Å². The molecule has 1 aliphatic rings. The van der Waals surface area contributed by atoms with Crippen LogP contribution in [0.4, 0.5) is 17.5 Å². The van der Waals surface area contributed by atoms with Gasteiger partial charge in [0.15, 0.2) is 9.84 Å². The molecule has 0 amide bonds. The molecule has 0 radical (unpaired) electrons. The molecule has 0 saturated carbocycles. The number of nitrogens with zero attached hydrogens (tertiary/aromatic N) is 2. The smallest absolute Gasteiger partial charge is 0.224 e. The van der Waals surface area contributed by atoms with Crippen LogP contribution in [0.1, 0.15) is 6.42 Å². The Hall–Kier alpha value is -1.57. The Morgan fingerprint density at radius 3 is 2.78 bits per heavy atom. The van der Waals surface area contributed by atoms with E-state index in [1.54, 1.807) is 30.5 Å². The summed E-state index contributed by atoms with van der Waals surface area (Å²) in [4.78, 5) is 8.44. The van der Waals surface area contributed by atoms with Crippen LogP contribution >= 0.6 is 23.2 Å². The minimum atomic E-state index is -2.95. The van der Waals surface area contributed by atoms with Gasteiger partial charge in [-0.05, 0) is 24.6 Å². The Bertz CT molecular complexity index is 829. The van der Waals surface area contributed by atoms with E-state index in [2.05, 4.69) is 20.6 Å². The van der Waals surface area contributed by atoms with Gasteiger partial charge in [-0.25, -0.2) is 13.4 Å². The lowest BCUT2D eigenvalue weighted by Gasteiger charge is -2.12. The molecule has 1 fully saturated rings. The summed E-state index contributed by atoms with van der Waals surface area (Å²) in [6.45, 7) is 0. The lowest BCUT2D eigenvalue weighted by atomic mass is 10.3. The third kappa shape index (κ3) is 4.04. The monoisotopic (exact) mass is 372 g/mol. The zero-order valence-electron chi connectivity index (χ0n) is 12.0. The molecule has 122 valence electrons. The Kier molecular flexibility index (Phi) is 4.61. The Morgan fingerprint density at radius 2 is 2.04 bits per heavy atom. The van der Waals surface area contributed by atoms with E-state index in [-0.39, 0.29) is 17.5 Å². The first kappa shape index (κ1) is 16.3. The SMILES string of the molecule is O=S1(=O)CCC(Nc2nccc(Nc3cccc(Cl)c3Cl)n2)C1. The van der Waals surface area contributed by atoms with Gasteiger partial charge in [-0.15, -0.1) is 0 Å². The molecule has 2 N–H and O–H groups in total. The van der Waals surface area contributed by atoms with Crippen molar-refractivity contribution in [2.75, 3.05) is 22.1 Å². The van der Waals surface area contributed by atoms with Crippen molar-refractivity contribution in [1.82, 2.24) is 9.97 Å². The molecule has 1 aliphatic heterocycles. The van der Waals surface area contributed by atoms with Crippen LogP contribution in [0.5, 0.6) is 0 Å². The molecule has 2 aromatic rings. The number of anilines is 3. The summed E-state index contributed by atoms with van der Waals surface area (Å²) in [7, 11) is -2.95. The molecule has 6 nitrogen and oxygen atoms in total. The predicted octanol–water partition coefficient (Wildman–Crippen LogP) is 3.13. The highest BCUT2D eigenvalue weighted by atomic mass is 35.5. The minimum absolute atomic E-state index is 0.105. The van der Waals surface area contributed by atoms with E-state index < -0.39 is 9.84 Å². The first-order valence-corrected chi connectivity index (χ1v) is 9.52. The van der Waals surface area contributed by atoms with Crippen molar-refractivity contribution in [3.63, 3.8) is 0 Å². The summed E-state index contributed by atoms with van der Waals surface area (Å²) < 4.78 is 23.0. The summed E-state index contributed by atoms with van der Waals surface area (Å²) in [5.74, 6) is 1.21. The third-order valence-electron chi connectivity index (χ3n) is 3.44. The van der Waals surface area contributed by atoms with Gasteiger partial charge in [0, 0.05) is 12.2 Å². The van der Waals surface area contributed by atoms with Crippen LogP contribution in [-0.2, 0) is 9.84 Å². The van der Waals surface area contributed by atoms with E-state index in [9.17, 15) is 8.42 Å². The summed E-state index contributed by atoms with van der Waals surface area (Å²) in [6, 6.07) is 6.79. The van der Waals surface area contributed by atoms with Crippen molar-refractivity contribution < 1.29 is 8.42 Å². The Labute approximate surface area is 144 Å². The van der Waals surface area contributed by atoms with Crippen LogP contribution in [0.2, 0.25) is 10.0 Å². The number of hydrogen-bond donors (Lipinski definition) is 2. The van der Waals surface area contributed by atoms with Crippen molar-refractivity contribution in [2.45, 2.75) is 12.5 Å². The van der Waals surface area contributed by atoms with Crippen LogP contribution in [0.15, 0.2) is 30.5 Å². The number of sulfone groups is 1. The predicted molar refractivity (Wildman–Crippen MR) is 92.5 cm³/mol. The standard InChI is InChI=1S/C14H14Cl2N4O2S/c15-10-2-1-3-11(13(10)16)19-12-4-6-17-14(20-12)18-9-5-7-23(21,22)8-9/h1-4,6,9H,5,7-8H2,(H2,17,18,19,20). The highest BCUT2D eigenvalue weighted by Gasteiger charge is 2.28. The van der Waals surface area contributed by atoms with E-state index in [0.717, 1.165) is 0 Å². The molecule has 1 aromatic carbocycles. The van der Waals surface area contributed by atoms with E-state index in [1.165, 1.54) is 0 Å². The fourth-order valence-electron chi connectivity index (χ4n) is 2.33. The molecule has 1 aromatic heterocycles. The average Bonchev–Trinajstić information content (AvgIpc) is 2.83. The molecular weight excluding hydrogens is 359 g/mol. The van der Waals surface area contributed by atoms with Gasteiger partial charge in [0.05, 0.1) is 27.2 Å². The van der Waals surface area contributed by atoms with Crippen molar-refractivity contribution >= 4 is 50.5 Å². The van der Waals surface area contributed by atoms with Crippen LogP contribution in [0, 0.1) is 0 Å². The average molecular weight is 373 g/mol. The van der Waals surface area contributed by atoms with Crippen molar-refractivity contribution in [3.05, 3.63) is 40.5 Å². The minimum Gasteiger partial charge on any atom is -0.350 e. The van der Waals surface area contributed by atoms with Gasteiger partial charge in [0.25, 0.3) is 0 Å². The van der Waals surface area contributed by atoms with Crippen LogP contribution in [0.3, 0.4) is 0 Å². The van der Waals surface area contributed by atoms with E-state index in [1.807, 2.05) is 0 Å². The maximum absolute atomic E-state index is 11.5. The second-order valence-electron chi connectivity index (χ2n) is 5.24. The van der Waals surface area contributed by atoms with Crippen molar-refractivity contribution in [3.8, 4) is 0 Å². The molecule has 1 unspecified atom stereocenters. The summed E-state index contributed by atoms with van der Waals surface area (Å²) in [5, 5.41) is 6.97. The molecule has 0 bridgehead atoms. The van der Waals surface area contributed by atoms with Crippen LogP contribution in [-0.4, -0.2) is 35.9 Å². The number of aromatic nitrogens is 2. The highest BCUT2D eigenvalue weighted by Crippen LogP contribution is 2.31. The first-order chi connectivity index (χ1) is 10.9. The fraction of sp³-hybridized carbons (Fsp3) is 0.286. The van der Waals surface area contributed by atoms with E-state index >= 15 is 0 Å². The first-order valence-electron chi connectivity index (χ1n) is 6.94. The molecule has 0 spiro atoms. The zero-order valence-corrected chi connectivity index (χ0v) is 14.3. The Morgan fingerprint density at radius 1 is 1.22 bits per heavy atom. The molecule has 1 atom stereocenters. The normalized spacial score (nSPS) is 19.5. The summed E-state index contributed by atoms with van der Waals surface area (Å²) >= 11 is 12.1. The van der Waals surface area contributed by atoms with Gasteiger partial charge in [0.1, 0.15) is 5.82 Å². The number of hydrogen-bond acceptors (Lipinski definition) is 6. The third-order valence-corrected chi connectivity index (χ3v) is 6.02. The van der Waals surface area contributed by atoms with E-state index in [0.29, 0.717) is 33.9 Å². The van der Waals surface area contributed by atoms with Gasteiger partial charge in [0.2, 0.25) is 5.95 Å². The van der Waals surface area contributed by atoms with Gasteiger partial charge in [-0.2, -0.15) is 4.98 Å². The fourth-order valence-corrected chi connectivity index (χ4v) is 4.35. The zero-order chi connectivity index (χ0) is 16.4. The second-order valence-corrected chi connectivity index (χ2v) is 8.25. The van der Waals surface area contributed by atoms with Gasteiger partial charge < -0.3 is 10.6 Å². The largest absolute Gasteiger partial charge is 0.350 e. The van der Waals surface area contributed by atoms with Crippen molar-refractivity contribution in [2.24, 2.45) is 0 Å². The Balaban J connectivity index is 1.74. The highest BCUT2D eigenvalue weighted by molar-refractivity contribution is 7.91. The lowest BCUT2D eigenvalue weighted by Crippen LogP contribution is -2.22. The molecular formula is C14H14Cl2N4O2S. The number of nitrogens with one attached hydrogen (secondary N) is 2. The van der Waals surface area contributed by atoms with E-state index in [4.69, 9.17) is 23.2 Å². The molecule has 2 heterocycles. The van der Waals surface area contributed by atoms with Gasteiger partial charge >= 0.3 is 0 Å². The number of benzene rings is 1. The number of rotatable bonds is 4. The molecule has 9 heteroatoms. The lowest BCUT2D eigenvalue weighted by molar-refractivity contribution is 0.602. The van der Waals surface area contributed by atoms with Gasteiger partial charge in [-0.1, -0.05) is 29.3 Å². The summed E-state index contributed by atoms with van der Waals surface area (Å²) in [5.41, 5.74) is 0.632. The molecule has 1 saturated heterocycles. The molecule has 23 heavy (non-hydrogen) atoms. The van der Waals surface area contributed by atoms with Crippen molar-refractivity contribution in [1.29, 1.82) is 0 Å². The second kappa shape index (κ2) is 6.51. The topological polar surface area (TPSA) is 84.0 Å². The maximum Gasteiger partial charge on any atom is 0.224 e. The quantitative estimate of drug-likeness (QED) is 0.857. The van der Waals surface area contributed by atoms with Crippen LogP contribution in [0.25, 0.3) is 0 Å². The molecule has 0 aliphatic carbocycles. The number of halogens is 2. The molecule has 3 rings (SSSR count).